The third-order valence-corrected chi connectivity index (χ3v) is 3.55. The van der Waals surface area contributed by atoms with Crippen LogP contribution in [0.5, 0.6) is 0 Å². The molecule has 16 heavy (non-hydrogen) atoms. The molecule has 2 N–H and O–H groups in total. The molecule has 1 unspecified atom stereocenters. The first-order chi connectivity index (χ1) is 7.65. The Hall–Kier alpha value is -0.900. The van der Waals surface area contributed by atoms with Crippen LogP contribution >= 0.6 is 22.9 Å². The van der Waals surface area contributed by atoms with Crippen LogP contribution in [0, 0.1) is 6.92 Å². The molecule has 0 radical (unpaired) electrons. The number of thiazole rings is 1. The van der Waals surface area contributed by atoms with Crippen molar-refractivity contribution in [1.29, 1.82) is 0 Å². The second kappa shape index (κ2) is 4.95. The molecule has 2 aromatic rings. The molecule has 0 saturated heterocycles. The van der Waals surface area contributed by atoms with E-state index in [4.69, 9.17) is 17.3 Å². The summed E-state index contributed by atoms with van der Waals surface area (Å²) < 4.78 is 0. The number of rotatable bonds is 3. The summed E-state index contributed by atoms with van der Waals surface area (Å²) in [5, 5.41) is 1.82. The Bertz CT molecular complexity index is 464. The average molecular weight is 253 g/mol. The largest absolute Gasteiger partial charge is 0.324 e. The van der Waals surface area contributed by atoms with E-state index in [1.807, 2.05) is 30.5 Å². The maximum atomic E-state index is 6.11. The summed E-state index contributed by atoms with van der Waals surface area (Å²) in [6.45, 7) is 2.05. The van der Waals surface area contributed by atoms with Gasteiger partial charge in [0.1, 0.15) is 0 Å². The lowest BCUT2D eigenvalue weighted by molar-refractivity contribution is 0.718. The zero-order chi connectivity index (χ0) is 11.5. The smallest absolute Gasteiger partial charge is 0.0946 e. The number of hydrogen-bond acceptors (Lipinski definition) is 3. The first-order valence-corrected chi connectivity index (χ1v) is 6.27. The third-order valence-electron chi connectivity index (χ3n) is 2.36. The van der Waals surface area contributed by atoms with Crippen molar-refractivity contribution >= 4 is 22.9 Å². The number of benzene rings is 1. The van der Waals surface area contributed by atoms with Crippen molar-refractivity contribution in [2.24, 2.45) is 5.73 Å². The van der Waals surface area contributed by atoms with Crippen molar-refractivity contribution in [3.63, 3.8) is 0 Å². The fourth-order valence-corrected chi connectivity index (χ4v) is 2.48. The van der Waals surface area contributed by atoms with Gasteiger partial charge < -0.3 is 5.73 Å². The molecule has 0 saturated carbocycles. The maximum absolute atomic E-state index is 6.11. The van der Waals surface area contributed by atoms with Crippen LogP contribution in [0.4, 0.5) is 0 Å². The van der Waals surface area contributed by atoms with Gasteiger partial charge >= 0.3 is 0 Å². The van der Waals surface area contributed by atoms with Crippen molar-refractivity contribution in [3.05, 3.63) is 50.9 Å². The Labute approximate surface area is 104 Å². The number of aryl methyl sites for hydroxylation is 1. The normalized spacial score (nSPS) is 12.7. The van der Waals surface area contributed by atoms with Crippen LogP contribution < -0.4 is 5.73 Å². The lowest BCUT2D eigenvalue weighted by atomic mass is 10.1. The van der Waals surface area contributed by atoms with Crippen molar-refractivity contribution in [2.45, 2.75) is 19.4 Å². The van der Waals surface area contributed by atoms with E-state index in [2.05, 4.69) is 11.9 Å². The minimum absolute atomic E-state index is 0.0113. The van der Waals surface area contributed by atoms with Crippen LogP contribution in [0.1, 0.15) is 21.5 Å². The van der Waals surface area contributed by atoms with E-state index in [1.165, 1.54) is 4.88 Å². The van der Waals surface area contributed by atoms with Gasteiger partial charge in [-0.2, -0.15) is 0 Å². The summed E-state index contributed by atoms with van der Waals surface area (Å²) in [6.07, 6.45) is 2.66. The van der Waals surface area contributed by atoms with Gasteiger partial charge in [0.2, 0.25) is 0 Å². The molecule has 0 aliphatic heterocycles. The third kappa shape index (κ3) is 2.82. The number of hydrogen-bond donors (Lipinski definition) is 1. The van der Waals surface area contributed by atoms with Gasteiger partial charge in [-0.25, -0.2) is 4.98 Å². The Morgan fingerprint density at radius 1 is 1.38 bits per heavy atom. The predicted molar refractivity (Wildman–Crippen MR) is 68.9 cm³/mol. The van der Waals surface area contributed by atoms with Gasteiger partial charge in [0.15, 0.2) is 0 Å². The Balaban J connectivity index is 2.08. The topological polar surface area (TPSA) is 38.9 Å². The monoisotopic (exact) mass is 252 g/mol. The first kappa shape index (κ1) is 11.6. The summed E-state index contributed by atoms with van der Waals surface area (Å²) in [5.41, 5.74) is 7.20. The Morgan fingerprint density at radius 2 is 2.06 bits per heavy atom. The van der Waals surface area contributed by atoms with Crippen molar-refractivity contribution in [1.82, 2.24) is 4.98 Å². The summed E-state index contributed by atoms with van der Waals surface area (Å²) in [4.78, 5) is 5.53. The summed E-state index contributed by atoms with van der Waals surface area (Å²) in [5.74, 6) is 0. The molecule has 0 fully saturated rings. The standard InChI is InChI=1S/C12H13ClN2S/c1-8-7-15-12(16-8)6-11(14)9-2-4-10(13)5-3-9/h2-5,7,11H,6,14H2,1H3. The molecule has 0 aliphatic carbocycles. The van der Waals surface area contributed by atoms with E-state index in [1.54, 1.807) is 11.3 Å². The molecule has 1 aromatic carbocycles. The van der Waals surface area contributed by atoms with Gasteiger partial charge in [-0.05, 0) is 24.6 Å². The van der Waals surface area contributed by atoms with Gasteiger partial charge in [0.25, 0.3) is 0 Å². The van der Waals surface area contributed by atoms with Crippen molar-refractivity contribution in [2.75, 3.05) is 0 Å². The molecule has 2 rings (SSSR count). The Kier molecular flexibility index (Phi) is 3.59. The van der Waals surface area contributed by atoms with Crippen molar-refractivity contribution in [3.8, 4) is 0 Å². The second-order valence-electron chi connectivity index (χ2n) is 3.73. The molecule has 0 bridgehead atoms. The second-order valence-corrected chi connectivity index (χ2v) is 5.48. The predicted octanol–water partition coefficient (Wildman–Crippen LogP) is 3.35. The molecule has 0 spiro atoms. The summed E-state index contributed by atoms with van der Waals surface area (Å²) >= 11 is 7.53. The molecule has 1 heterocycles. The SMILES string of the molecule is Cc1cnc(CC(N)c2ccc(Cl)cc2)s1. The van der Waals surface area contributed by atoms with E-state index in [9.17, 15) is 0 Å². The van der Waals surface area contributed by atoms with Crippen LogP contribution in [0.25, 0.3) is 0 Å². The minimum atomic E-state index is -0.0113. The fraction of sp³-hybridized carbons (Fsp3) is 0.250. The molecular formula is C12H13ClN2S. The van der Waals surface area contributed by atoms with E-state index in [0.29, 0.717) is 0 Å². The number of halogens is 1. The number of nitrogens with two attached hydrogens (primary N) is 1. The molecule has 0 amide bonds. The van der Waals surface area contributed by atoms with E-state index >= 15 is 0 Å². The molecule has 1 atom stereocenters. The van der Waals surface area contributed by atoms with Crippen LogP contribution in [0.15, 0.2) is 30.5 Å². The van der Waals surface area contributed by atoms with Gasteiger partial charge in [-0.1, -0.05) is 23.7 Å². The zero-order valence-electron chi connectivity index (χ0n) is 8.98. The maximum Gasteiger partial charge on any atom is 0.0946 e. The van der Waals surface area contributed by atoms with Crippen molar-refractivity contribution < 1.29 is 0 Å². The zero-order valence-corrected chi connectivity index (χ0v) is 10.6. The summed E-state index contributed by atoms with van der Waals surface area (Å²) in [7, 11) is 0. The van der Waals surface area contributed by atoms with Gasteiger partial charge in [0.05, 0.1) is 5.01 Å². The molecular weight excluding hydrogens is 240 g/mol. The van der Waals surface area contributed by atoms with Gasteiger partial charge in [-0.15, -0.1) is 11.3 Å². The summed E-state index contributed by atoms with van der Waals surface area (Å²) in [6, 6.07) is 7.65. The Morgan fingerprint density at radius 3 is 2.62 bits per heavy atom. The first-order valence-electron chi connectivity index (χ1n) is 5.07. The van der Waals surface area contributed by atoms with Crippen LogP contribution in [-0.2, 0) is 6.42 Å². The van der Waals surface area contributed by atoms with Crippen LogP contribution in [-0.4, -0.2) is 4.98 Å². The highest BCUT2D eigenvalue weighted by Gasteiger charge is 2.09. The minimum Gasteiger partial charge on any atom is -0.324 e. The highest BCUT2D eigenvalue weighted by Crippen LogP contribution is 2.20. The van der Waals surface area contributed by atoms with Crippen LogP contribution in [0.3, 0.4) is 0 Å². The molecule has 4 heteroatoms. The quantitative estimate of drug-likeness (QED) is 0.910. The lowest BCUT2D eigenvalue weighted by Crippen LogP contribution is -2.12. The van der Waals surface area contributed by atoms with E-state index < -0.39 is 0 Å². The molecule has 1 aromatic heterocycles. The van der Waals surface area contributed by atoms with Crippen LogP contribution in [0.2, 0.25) is 5.02 Å². The number of aromatic nitrogens is 1. The van der Waals surface area contributed by atoms with E-state index in [0.717, 1.165) is 22.0 Å². The highest BCUT2D eigenvalue weighted by molar-refractivity contribution is 7.11. The van der Waals surface area contributed by atoms with Gasteiger partial charge in [-0.3, -0.25) is 0 Å². The lowest BCUT2D eigenvalue weighted by Gasteiger charge is -2.09. The molecule has 84 valence electrons. The molecule has 0 aliphatic rings. The highest BCUT2D eigenvalue weighted by atomic mass is 35.5. The fourth-order valence-electron chi connectivity index (χ4n) is 1.51. The van der Waals surface area contributed by atoms with Gasteiger partial charge in [0, 0.05) is 28.6 Å². The molecule has 2 nitrogen and oxygen atoms in total. The van der Waals surface area contributed by atoms with E-state index in [-0.39, 0.29) is 6.04 Å². The average Bonchev–Trinajstić information content (AvgIpc) is 2.65. The number of nitrogens with zero attached hydrogens (tertiary/aromatic N) is 1.